The van der Waals surface area contributed by atoms with Gasteiger partial charge >= 0.3 is 6.43 Å². The Morgan fingerprint density at radius 3 is 2.52 bits per heavy atom. The molecule has 1 saturated heterocycles. The summed E-state index contributed by atoms with van der Waals surface area (Å²) < 4.78 is 47.3. The molecular formula is C22H23F3N4OS. The van der Waals surface area contributed by atoms with Gasteiger partial charge in [0.25, 0.3) is 5.89 Å². The predicted molar refractivity (Wildman–Crippen MR) is 115 cm³/mol. The van der Waals surface area contributed by atoms with Crippen molar-refractivity contribution in [2.45, 2.75) is 31.1 Å². The third-order valence-corrected chi connectivity index (χ3v) is 6.59. The second-order valence-corrected chi connectivity index (χ2v) is 8.85. The fourth-order valence-corrected chi connectivity index (χ4v) is 4.70. The summed E-state index contributed by atoms with van der Waals surface area (Å²) in [5, 5.41) is 7.35. The van der Waals surface area contributed by atoms with Crippen molar-refractivity contribution in [3.8, 4) is 11.5 Å². The molecule has 0 atom stereocenters. The van der Waals surface area contributed by atoms with E-state index in [9.17, 15) is 13.2 Å². The lowest BCUT2D eigenvalue weighted by Gasteiger charge is -2.33. The van der Waals surface area contributed by atoms with Crippen LogP contribution >= 0.6 is 11.9 Å². The summed E-state index contributed by atoms with van der Waals surface area (Å²) in [7, 11) is 2.13. The first kappa shape index (κ1) is 21.7. The van der Waals surface area contributed by atoms with E-state index in [2.05, 4.69) is 26.5 Å². The fourth-order valence-electron chi connectivity index (χ4n) is 3.46. The first-order valence-electron chi connectivity index (χ1n) is 10.1. The van der Waals surface area contributed by atoms with Crippen LogP contribution in [-0.2, 0) is 6.54 Å². The molecule has 1 aliphatic heterocycles. The Labute approximate surface area is 183 Å². The van der Waals surface area contributed by atoms with Gasteiger partial charge in [-0.15, -0.1) is 10.2 Å². The van der Waals surface area contributed by atoms with Crippen molar-refractivity contribution in [1.82, 2.24) is 15.1 Å². The molecule has 5 nitrogen and oxygen atoms in total. The lowest BCUT2D eigenvalue weighted by atomic mass is 10.1. The zero-order chi connectivity index (χ0) is 21.8. The molecule has 3 aromatic rings. The van der Waals surface area contributed by atoms with Crippen molar-refractivity contribution in [2.24, 2.45) is 0 Å². The SMILES string of the molecule is CN1CCC(SN(Cc2ccc(-c3nnc(C(F)F)o3)cc2F)c2ccccc2)CC1. The van der Waals surface area contributed by atoms with E-state index in [0.717, 1.165) is 31.6 Å². The lowest BCUT2D eigenvalue weighted by molar-refractivity contribution is 0.116. The number of anilines is 1. The second-order valence-electron chi connectivity index (χ2n) is 7.53. The highest BCUT2D eigenvalue weighted by Crippen LogP contribution is 2.33. The smallest absolute Gasteiger partial charge is 0.314 e. The van der Waals surface area contributed by atoms with Crippen LogP contribution in [0.15, 0.2) is 52.9 Å². The van der Waals surface area contributed by atoms with Gasteiger partial charge in [-0.1, -0.05) is 24.3 Å². The first-order chi connectivity index (χ1) is 15.0. The van der Waals surface area contributed by atoms with Crippen LogP contribution in [0.1, 0.15) is 30.7 Å². The van der Waals surface area contributed by atoms with Gasteiger partial charge in [-0.05, 0) is 69.2 Å². The number of para-hydroxylation sites is 1. The molecule has 0 bridgehead atoms. The molecule has 0 radical (unpaired) electrons. The molecule has 1 aromatic heterocycles. The van der Waals surface area contributed by atoms with Gasteiger partial charge in [0.05, 0.1) is 6.54 Å². The van der Waals surface area contributed by atoms with Gasteiger partial charge in [0.2, 0.25) is 5.89 Å². The zero-order valence-electron chi connectivity index (χ0n) is 17.0. The molecule has 1 fully saturated rings. The predicted octanol–water partition coefficient (Wildman–Crippen LogP) is 5.56. The Balaban J connectivity index is 1.53. The maximum absolute atomic E-state index is 14.9. The average molecular weight is 449 g/mol. The first-order valence-corrected chi connectivity index (χ1v) is 10.9. The molecule has 4 rings (SSSR count). The number of rotatable bonds is 7. The average Bonchev–Trinajstić information content (AvgIpc) is 3.27. The fraction of sp³-hybridized carbons (Fsp3) is 0.364. The molecule has 0 unspecified atom stereocenters. The highest BCUT2D eigenvalue weighted by Gasteiger charge is 2.22. The lowest BCUT2D eigenvalue weighted by Crippen LogP contribution is -2.33. The van der Waals surface area contributed by atoms with Gasteiger partial charge in [-0.2, -0.15) is 8.78 Å². The Bertz CT molecular complexity index is 993. The largest absolute Gasteiger partial charge is 0.415 e. The van der Waals surface area contributed by atoms with E-state index in [1.54, 1.807) is 24.1 Å². The van der Waals surface area contributed by atoms with E-state index in [1.165, 1.54) is 6.07 Å². The second kappa shape index (κ2) is 9.74. The summed E-state index contributed by atoms with van der Waals surface area (Å²) in [6.07, 6.45) is -0.702. The van der Waals surface area contributed by atoms with Crippen LogP contribution in [0.3, 0.4) is 0 Å². The standard InChI is InChI=1S/C22H23F3N4OS/c1-28-11-9-18(10-12-28)31-29(17-5-3-2-4-6-17)14-16-8-7-15(13-19(16)23)21-26-27-22(30-21)20(24)25/h2-8,13,18,20H,9-12,14H2,1H3. The molecule has 0 aliphatic carbocycles. The van der Waals surface area contributed by atoms with Crippen molar-refractivity contribution < 1.29 is 17.6 Å². The Hall–Kier alpha value is -2.52. The van der Waals surface area contributed by atoms with Crippen molar-refractivity contribution in [1.29, 1.82) is 0 Å². The normalized spacial score (nSPS) is 15.5. The summed E-state index contributed by atoms with van der Waals surface area (Å²) in [6, 6.07) is 14.4. The van der Waals surface area contributed by atoms with Gasteiger partial charge < -0.3 is 13.6 Å². The van der Waals surface area contributed by atoms with E-state index >= 15 is 0 Å². The molecule has 1 aliphatic rings. The number of likely N-dealkylation sites (tertiary alicyclic amines) is 1. The Kier molecular flexibility index (Phi) is 6.82. The highest BCUT2D eigenvalue weighted by molar-refractivity contribution is 8.01. The minimum Gasteiger partial charge on any atom is -0.415 e. The van der Waals surface area contributed by atoms with Gasteiger partial charge in [-0.25, -0.2) is 4.39 Å². The summed E-state index contributed by atoms with van der Waals surface area (Å²) >= 11 is 1.75. The number of hydrogen-bond acceptors (Lipinski definition) is 6. The Morgan fingerprint density at radius 1 is 1.13 bits per heavy atom. The molecule has 0 N–H and O–H groups in total. The molecule has 31 heavy (non-hydrogen) atoms. The summed E-state index contributed by atoms with van der Waals surface area (Å²) in [5.74, 6) is -1.34. The number of piperidine rings is 1. The summed E-state index contributed by atoms with van der Waals surface area (Å²) in [5.41, 5.74) is 1.78. The minimum atomic E-state index is -2.86. The molecule has 0 saturated carbocycles. The van der Waals surface area contributed by atoms with E-state index in [-0.39, 0.29) is 11.5 Å². The van der Waals surface area contributed by atoms with Crippen LogP contribution < -0.4 is 4.31 Å². The third kappa shape index (κ3) is 5.40. The minimum absolute atomic E-state index is 0.124. The quantitative estimate of drug-likeness (QED) is 0.441. The molecule has 0 spiro atoms. The van der Waals surface area contributed by atoms with Crippen LogP contribution in [0.2, 0.25) is 0 Å². The van der Waals surface area contributed by atoms with Crippen LogP contribution in [0.5, 0.6) is 0 Å². The number of hydrogen-bond donors (Lipinski definition) is 0. The van der Waals surface area contributed by atoms with Gasteiger partial charge in [0, 0.05) is 22.1 Å². The molecule has 2 aromatic carbocycles. The van der Waals surface area contributed by atoms with Crippen molar-refractivity contribution in [2.75, 3.05) is 24.4 Å². The van der Waals surface area contributed by atoms with Crippen LogP contribution in [0.25, 0.3) is 11.5 Å². The van der Waals surface area contributed by atoms with Crippen LogP contribution in [0.4, 0.5) is 18.9 Å². The van der Waals surface area contributed by atoms with Gasteiger partial charge in [-0.3, -0.25) is 0 Å². The zero-order valence-corrected chi connectivity index (χ0v) is 17.9. The molecular weight excluding hydrogens is 425 g/mol. The Morgan fingerprint density at radius 2 is 1.87 bits per heavy atom. The highest BCUT2D eigenvalue weighted by atomic mass is 32.2. The van der Waals surface area contributed by atoms with Crippen molar-refractivity contribution >= 4 is 17.6 Å². The number of nitrogens with zero attached hydrogens (tertiary/aromatic N) is 4. The maximum Gasteiger partial charge on any atom is 0.314 e. The van der Waals surface area contributed by atoms with E-state index < -0.39 is 18.1 Å². The molecule has 0 amide bonds. The van der Waals surface area contributed by atoms with Crippen molar-refractivity contribution in [3.63, 3.8) is 0 Å². The van der Waals surface area contributed by atoms with Gasteiger partial charge in [0.15, 0.2) is 0 Å². The van der Waals surface area contributed by atoms with Gasteiger partial charge in [0.1, 0.15) is 5.82 Å². The van der Waals surface area contributed by atoms with Crippen molar-refractivity contribution in [3.05, 3.63) is 65.8 Å². The number of aromatic nitrogens is 2. The number of alkyl halides is 2. The van der Waals surface area contributed by atoms with E-state index in [4.69, 9.17) is 4.42 Å². The monoisotopic (exact) mass is 448 g/mol. The topological polar surface area (TPSA) is 45.4 Å². The summed E-state index contributed by atoms with van der Waals surface area (Å²) in [6.45, 7) is 2.47. The summed E-state index contributed by atoms with van der Waals surface area (Å²) in [4.78, 5) is 2.32. The van der Waals surface area contributed by atoms with E-state index in [1.807, 2.05) is 30.3 Å². The third-order valence-electron chi connectivity index (χ3n) is 5.23. The molecule has 164 valence electrons. The van der Waals surface area contributed by atoms with Crippen LogP contribution in [0, 0.1) is 5.82 Å². The molecule has 9 heteroatoms. The maximum atomic E-state index is 14.9. The van der Waals surface area contributed by atoms with E-state index in [0.29, 0.717) is 17.4 Å². The molecule has 2 heterocycles. The van der Waals surface area contributed by atoms with Crippen LogP contribution in [-0.4, -0.2) is 40.5 Å². The number of halogens is 3. The number of benzene rings is 2.